The molecule has 3 aromatic rings. The number of allylic oxidation sites excluding steroid dienone is 1. The van der Waals surface area contributed by atoms with Crippen LogP contribution in [0.1, 0.15) is 23.4 Å². The van der Waals surface area contributed by atoms with Crippen molar-refractivity contribution >= 4 is 22.5 Å². The Balaban J connectivity index is 1.70. The van der Waals surface area contributed by atoms with Gasteiger partial charge < -0.3 is 10.3 Å². The zero-order valence-electron chi connectivity index (χ0n) is 13.4. The second-order valence-corrected chi connectivity index (χ2v) is 6.77. The van der Waals surface area contributed by atoms with E-state index < -0.39 is 0 Å². The Labute approximate surface area is 142 Å². The molecule has 0 aliphatic carbocycles. The highest BCUT2D eigenvalue weighted by Crippen LogP contribution is 2.33. The average Bonchev–Trinajstić information content (AvgIpc) is 3.29. The summed E-state index contributed by atoms with van der Waals surface area (Å²) in [7, 11) is 0. The largest absolute Gasteiger partial charge is 0.382 e. The van der Waals surface area contributed by atoms with Crippen molar-refractivity contribution < 1.29 is 4.52 Å². The van der Waals surface area contributed by atoms with E-state index in [0.29, 0.717) is 17.3 Å². The number of hydrogen-bond acceptors (Lipinski definition) is 7. The van der Waals surface area contributed by atoms with Gasteiger partial charge in [-0.3, -0.25) is 0 Å². The van der Waals surface area contributed by atoms with Crippen LogP contribution in [0.4, 0.5) is 5.82 Å². The van der Waals surface area contributed by atoms with Crippen molar-refractivity contribution in [3.05, 3.63) is 41.2 Å². The summed E-state index contributed by atoms with van der Waals surface area (Å²) in [6.45, 7) is 4.11. The quantitative estimate of drug-likeness (QED) is 0.783. The molecule has 0 radical (unpaired) electrons. The van der Waals surface area contributed by atoms with Crippen LogP contribution in [-0.4, -0.2) is 30.9 Å². The normalized spacial score (nSPS) is 14.2. The summed E-state index contributed by atoms with van der Waals surface area (Å²) < 4.78 is 6.90. The molecule has 1 aliphatic rings. The van der Waals surface area contributed by atoms with Crippen molar-refractivity contribution in [3.63, 3.8) is 0 Å². The van der Waals surface area contributed by atoms with Crippen LogP contribution in [0.2, 0.25) is 0 Å². The molecular weight excluding hydrogens is 324 g/mol. The van der Waals surface area contributed by atoms with Crippen LogP contribution in [0, 0.1) is 13.8 Å². The Bertz CT molecular complexity index is 942. The molecule has 1 aromatic carbocycles. The van der Waals surface area contributed by atoms with Gasteiger partial charge in [0, 0.05) is 5.75 Å². The van der Waals surface area contributed by atoms with Crippen LogP contribution in [0.5, 0.6) is 0 Å². The molecule has 0 saturated heterocycles. The summed E-state index contributed by atoms with van der Waals surface area (Å²) in [5.41, 5.74) is 9.83. The van der Waals surface area contributed by atoms with E-state index in [1.807, 2.05) is 25.1 Å². The summed E-state index contributed by atoms with van der Waals surface area (Å²) in [5.74, 6) is 2.28. The number of aromatic nitrogens is 5. The number of anilines is 1. The molecule has 1 aliphatic heterocycles. The fourth-order valence-electron chi connectivity index (χ4n) is 2.48. The number of rotatable bonds is 3. The Morgan fingerprint density at radius 1 is 1.25 bits per heavy atom. The minimum atomic E-state index is 0.283. The SMILES string of the molecule is Cc1ccc(-n2nnc(-c3nc(C4=CCCS4)no3)c2N)cc1C. The number of nitrogens with two attached hydrogens (primary N) is 1. The first-order valence-electron chi connectivity index (χ1n) is 7.59. The number of hydrogen-bond donors (Lipinski definition) is 1. The maximum absolute atomic E-state index is 6.21. The third kappa shape index (κ3) is 2.48. The zero-order chi connectivity index (χ0) is 16.7. The predicted octanol–water partition coefficient (Wildman–Crippen LogP) is 2.99. The first-order chi connectivity index (χ1) is 11.6. The lowest BCUT2D eigenvalue weighted by Gasteiger charge is -2.06. The molecule has 0 spiro atoms. The van der Waals surface area contributed by atoms with E-state index in [1.54, 1.807) is 16.4 Å². The van der Waals surface area contributed by atoms with Gasteiger partial charge in [0.1, 0.15) is 0 Å². The molecule has 0 amide bonds. The van der Waals surface area contributed by atoms with E-state index >= 15 is 0 Å². The fraction of sp³-hybridized carbons (Fsp3) is 0.250. The molecule has 24 heavy (non-hydrogen) atoms. The van der Waals surface area contributed by atoms with Crippen LogP contribution < -0.4 is 5.73 Å². The summed E-state index contributed by atoms with van der Waals surface area (Å²) >= 11 is 1.72. The van der Waals surface area contributed by atoms with Gasteiger partial charge in [-0.2, -0.15) is 9.67 Å². The molecule has 0 bridgehead atoms. The van der Waals surface area contributed by atoms with E-state index in [1.165, 1.54) is 5.56 Å². The lowest BCUT2D eigenvalue weighted by molar-refractivity contribution is 0.427. The molecule has 8 heteroatoms. The van der Waals surface area contributed by atoms with Crippen LogP contribution in [0.3, 0.4) is 0 Å². The Kier molecular flexibility index (Phi) is 3.61. The lowest BCUT2D eigenvalue weighted by atomic mass is 10.1. The van der Waals surface area contributed by atoms with Gasteiger partial charge in [-0.15, -0.1) is 16.9 Å². The second-order valence-electron chi connectivity index (χ2n) is 5.63. The van der Waals surface area contributed by atoms with Crippen LogP contribution in [0.15, 0.2) is 28.8 Å². The van der Waals surface area contributed by atoms with Crippen LogP contribution >= 0.6 is 11.8 Å². The van der Waals surface area contributed by atoms with E-state index in [9.17, 15) is 0 Å². The molecule has 2 N–H and O–H groups in total. The summed E-state index contributed by atoms with van der Waals surface area (Å²) in [6, 6.07) is 6.00. The molecule has 2 aromatic heterocycles. The van der Waals surface area contributed by atoms with E-state index in [0.717, 1.165) is 28.3 Å². The maximum atomic E-state index is 6.21. The van der Waals surface area contributed by atoms with Gasteiger partial charge in [-0.25, -0.2) is 0 Å². The van der Waals surface area contributed by atoms with Crippen molar-refractivity contribution in [1.29, 1.82) is 0 Å². The number of thioether (sulfide) groups is 1. The molecule has 3 heterocycles. The van der Waals surface area contributed by atoms with Crippen LogP contribution in [0.25, 0.3) is 22.2 Å². The summed E-state index contributed by atoms with van der Waals surface area (Å²) in [4.78, 5) is 5.43. The standard InChI is InChI=1S/C16H16N6OS/c1-9-5-6-11(8-10(9)2)22-14(17)13(19-21-22)16-18-15(20-23-16)12-4-3-7-24-12/h4-6,8H,3,7,17H2,1-2H3. The number of benzene rings is 1. The van der Waals surface area contributed by atoms with Gasteiger partial charge >= 0.3 is 0 Å². The van der Waals surface area contributed by atoms with E-state index in [4.69, 9.17) is 10.3 Å². The van der Waals surface area contributed by atoms with Crippen molar-refractivity contribution in [1.82, 2.24) is 25.1 Å². The van der Waals surface area contributed by atoms with Gasteiger partial charge in [0.25, 0.3) is 5.89 Å². The maximum Gasteiger partial charge on any atom is 0.282 e. The lowest BCUT2D eigenvalue weighted by Crippen LogP contribution is -2.03. The van der Waals surface area contributed by atoms with Crippen molar-refractivity contribution in [2.75, 3.05) is 11.5 Å². The number of nitrogens with zero attached hydrogens (tertiary/aromatic N) is 5. The van der Waals surface area contributed by atoms with Crippen molar-refractivity contribution in [2.24, 2.45) is 0 Å². The van der Waals surface area contributed by atoms with Gasteiger partial charge in [0.05, 0.1) is 10.6 Å². The van der Waals surface area contributed by atoms with Gasteiger partial charge in [0.2, 0.25) is 5.82 Å². The fourth-order valence-corrected chi connectivity index (χ4v) is 3.39. The third-order valence-electron chi connectivity index (χ3n) is 3.99. The first kappa shape index (κ1) is 14.9. The average molecular weight is 340 g/mol. The Morgan fingerprint density at radius 3 is 2.88 bits per heavy atom. The smallest absolute Gasteiger partial charge is 0.282 e. The van der Waals surface area contributed by atoms with Gasteiger partial charge in [-0.05, 0) is 43.5 Å². The molecule has 7 nitrogen and oxygen atoms in total. The van der Waals surface area contributed by atoms with Crippen molar-refractivity contribution in [2.45, 2.75) is 20.3 Å². The first-order valence-corrected chi connectivity index (χ1v) is 8.58. The number of aryl methyl sites for hydroxylation is 2. The highest BCUT2D eigenvalue weighted by molar-refractivity contribution is 8.08. The second kappa shape index (κ2) is 5.79. The molecule has 0 saturated carbocycles. The highest BCUT2D eigenvalue weighted by atomic mass is 32.2. The number of nitrogen functional groups attached to an aromatic ring is 1. The molecular formula is C16H16N6OS. The van der Waals surface area contributed by atoms with Gasteiger partial charge in [0.15, 0.2) is 11.5 Å². The predicted molar refractivity (Wildman–Crippen MR) is 93.6 cm³/mol. The summed E-state index contributed by atoms with van der Waals surface area (Å²) in [6.07, 6.45) is 3.13. The minimum Gasteiger partial charge on any atom is -0.382 e. The molecule has 0 unspecified atom stereocenters. The monoisotopic (exact) mass is 340 g/mol. The van der Waals surface area contributed by atoms with Crippen molar-refractivity contribution in [3.8, 4) is 17.3 Å². The van der Waals surface area contributed by atoms with E-state index in [-0.39, 0.29) is 5.89 Å². The molecule has 0 fully saturated rings. The Hall–Kier alpha value is -2.61. The zero-order valence-corrected chi connectivity index (χ0v) is 14.2. The third-order valence-corrected chi connectivity index (χ3v) is 5.09. The molecule has 4 rings (SSSR count). The highest BCUT2D eigenvalue weighted by Gasteiger charge is 2.21. The summed E-state index contributed by atoms with van der Waals surface area (Å²) in [5, 5.41) is 12.3. The molecule has 122 valence electrons. The van der Waals surface area contributed by atoms with Crippen LogP contribution in [-0.2, 0) is 0 Å². The minimum absolute atomic E-state index is 0.283. The molecule has 0 atom stereocenters. The topological polar surface area (TPSA) is 95.6 Å². The van der Waals surface area contributed by atoms with E-state index in [2.05, 4.69) is 33.5 Å². The van der Waals surface area contributed by atoms with Gasteiger partial charge in [-0.1, -0.05) is 22.5 Å². The Morgan fingerprint density at radius 2 is 2.12 bits per heavy atom.